The Hall–Kier alpha value is -3.28. The van der Waals surface area contributed by atoms with Crippen LogP contribution in [-0.4, -0.2) is 37.1 Å². The molecule has 0 aromatic heterocycles. The molecule has 0 radical (unpaired) electrons. The molecule has 1 saturated carbocycles. The zero-order chi connectivity index (χ0) is 25.5. The van der Waals surface area contributed by atoms with Crippen LogP contribution in [0.25, 0.3) is 0 Å². The Labute approximate surface area is 209 Å². The monoisotopic (exact) mass is 478 g/mol. The summed E-state index contributed by atoms with van der Waals surface area (Å²) < 4.78 is 10.9. The van der Waals surface area contributed by atoms with Gasteiger partial charge in [-0.05, 0) is 81.3 Å². The van der Waals surface area contributed by atoms with Gasteiger partial charge in [0.05, 0.1) is 20.3 Å². The van der Waals surface area contributed by atoms with Crippen LogP contribution in [0, 0.1) is 26.7 Å². The molecular weight excluding hydrogens is 440 g/mol. The van der Waals surface area contributed by atoms with Crippen LogP contribution < -0.4 is 14.9 Å². The molecule has 0 bridgehead atoms. The van der Waals surface area contributed by atoms with E-state index in [2.05, 4.69) is 12.0 Å². The van der Waals surface area contributed by atoms with E-state index in [1.165, 1.54) is 6.42 Å². The van der Waals surface area contributed by atoms with Gasteiger partial charge < -0.3 is 9.47 Å². The van der Waals surface area contributed by atoms with E-state index < -0.39 is 0 Å². The van der Waals surface area contributed by atoms with E-state index in [4.69, 9.17) is 9.47 Å². The van der Waals surface area contributed by atoms with Crippen LogP contribution in [0.4, 0.5) is 0 Å². The van der Waals surface area contributed by atoms with E-state index in [-0.39, 0.29) is 23.8 Å². The molecule has 0 spiro atoms. The molecule has 0 unspecified atom stereocenters. The topological polar surface area (TPSA) is 67.9 Å². The average Bonchev–Trinajstić information content (AvgIpc) is 2.86. The first kappa shape index (κ1) is 26.3. The van der Waals surface area contributed by atoms with Gasteiger partial charge in [0, 0.05) is 16.7 Å². The SMILES string of the molecule is C=CC[C@H](C1CCCCC1)N(NC(=O)c1cccc(OC)c1C)C(=O)c1cc(C)c(OC)c(C)c1. The van der Waals surface area contributed by atoms with E-state index in [1.54, 1.807) is 31.4 Å². The summed E-state index contributed by atoms with van der Waals surface area (Å²) in [5, 5.41) is 1.56. The van der Waals surface area contributed by atoms with Gasteiger partial charge in [0.1, 0.15) is 11.5 Å². The van der Waals surface area contributed by atoms with Crippen LogP contribution in [0.3, 0.4) is 0 Å². The van der Waals surface area contributed by atoms with Gasteiger partial charge in [0.15, 0.2) is 0 Å². The van der Waals surface area contributed by atoms with E-state index in [1.807, 2.05) is 45.0 Å². The second-order valence-corrected chi connectivity index (χ2v) is 9.38. The number of nitrogens with one attached hydrogen (secondary N) is 1. The fraction of sp³-hybridized carbons (Fsp3) is 0.448. The number of amides is 2. The van der Waals surface area contributed by atoms with E-state index >= 15 is 0 Å². The van der Waals surface area contributed by atoms with Crippen molar-refractivity contribution in [2.24, 2.45) is 5.92 Å². The predicted octanol–water partition coefficient (Wildman–Crippen LogP) is 5.94. The van der Waals surface area contributed by atoms with Crippen LogP contribution >= 0.6 is 0 Å². The molecule has 35 heavy (non-hydrogen) atoms. The summed E-state index contributed by atoms with van der Waals surface area (Å²) in [6.45, 7) is 9.64. The molecule has 1 atom stereocenters. The number of aryl methyl sites for hydroxylation is 2. The number of methoxy groups -OCH3 is 2. The summed E-state index contributed by atoms with van der Waals surface area (Å²) in [5.41, 5.74) is 6.47. The molecule has 1 fully saturated rings. The van der Waals surface area contributed by atoms with Crippen molar-refractivity contribution >= 4 is 11.8 Å². The fourth-order valence-corrected chi connectivity index (χ4v) is 5.27. The largest absolute Gasteiger partial charge is 0.496 e. The number of ether oxygens (including phenoxy) is 2. The molecule has 0 saturated heterocycles. The normalized spacial score (nSPS) is 14.7. The van der Waals surface area contributed by atoms with Crippen molar-refractivity contribution in [3.63, 3.8) is 0 Å². The number of hydrogen-bond donors (Lipinski definition) is 1. The molecule has 2 aromatic rings. The first-order valence-corrected chi connectivity index (χ1v) is 12.4. The summed E-state index contributed by atoms with van der Waals surface area (Å²) in [7, 11) is 3.21. The lowest BCUT2D eigenvalue weighted by molar-refractivity contribution is 0.0357. The number of carbonyl (C=O) groups is 2. The van der Waals surface area contributed by atoms with Crippen molar-refractivity contribution in [1.29, 1.82) is 0 Å². The highest BCUT2D eigenvalue weighted by Crippen LogP contribution is 2.32. The molecule has 0 heterocycles. The zero-order valence-corrected chi connectivity index (χ0v) is 21.6. The lowest BCUT2D eigenvalue weighted by Gasteiger charge is -2.38. The molecule has 2 aromatic carbocycles. The minimum absolute atomic E-state index is 0.183. The maximum atomic E-state index is 14.0. The van der Waals surface area contributed by atoms with Crippen molar-refractivity contribution in [3.05, 3.63) is 70.8 Å². The molecule has 6 heteroatoms. The van der Waals surface area contributed by atoms with Gasteiger partial charge in [-0.15, -0.1) is 6.58 Å². The number of rotatable bonds is 8. The molecule has 188 valence electrons. The molecule has 0 aliphatic heterocycles. The van der Waals surface area contributed by atoms with Crippen LogP contribution in [0.5, 0.6) is 11.5 Å². The second-order valence-electron chi connectivity index (χ2n) is 9.38. The van der Waals surface area contributed by atoms with Crippen LogP contribution in [0.15, 0.2) is 43.0 Å². The third-order valence-corrected chi connectivity index (χ3v) is 7.03. The molecule has 3 rings (SSSR count). The van der Waals surface area contributed by atoms with Crippen molar-refractivity contribution in [2.45, 2.75) is 65.3 Å². The number of carbonyl (C=O) groups excluding carboxylic acids is 2. The first-order valence-electron chi connectivity index (χ1n) is 12.4. The van der Waals surface area contributed by atoms with Gasteiger partial charge in [0.25, 0.3) is 11.8 Å². The number of nitrogens with zero attached hydrogens (tertiary/aromatic N) is 1. The Morgan fingerprint density at radius 2 is 1.74 bits per heavy atom. The van der Waals surface area contributed by atoms with Crippen LogP contribution in [-0.2, 0) is 0 Å². The van der Waals surface area contributed by atoms with Gasteiger partial charge >= 0.3 is 0 Å². The van der Waals surface area contributed by atoms with Crippen molar-refractivity contribution < 1.29 is 19.1 Å². The Morgan fingerprint density at radius 3 is 2.31 bits per heavy atom. The molecule has 1 aliphatic carbocycles. The maximum Gasteiger partial charge on any atom is 0.272 e. The highest BCUT2D eigenvalue weighted by Gasteiger charge is 2.34. The summed E-state index contributed by atoms with van der Waals surface area (Å²) in [4.78, 5) is 27.5. The van der Waals surface area contributed by atoms with Crippen molar-refractivity contribution in [3.8, 4) is 11.5 Å². The molecule has 6 nitrogen and oxygen atoms in total. The maximum absolute atomic E-state index is 14.0. The number of benzene rings is 2. The van der Waals surface area contributed by atoms with Gasteiger partial charge in [-0.2, -0.15) is 0 Å². The predicted molar refractivity (Wildman–Crippen MR) is 139 cm³/mol. The lowest BCUT2D eigenvalue weighted by atomic mass is 9.82. The molecule has 1 N–H and O–H groups in total. The molecular formula is C29H38N2O4. The Kier molecular flexibility index (Phi) is 8.96. The van der Waals surface area contributed by atoms with E-state index in [9.17, 15) is 9.59 Å². The first-order chi connectivity index (χ1) is 16.8. The minimum atomic E-state index is -0.332. The van der Waals surface area contributed by atoms with Gasteiger partial charge in [-0.1, -0.05) is 31.4 Å². The highest BCUT2D eigenvalue weighted by molar-refractivity contribution is 6.00. The van der Waals surface area contributed by atoms with Crippen molar-refractivity contribution in [2.75, 3.05) is 14.2 Å². The Bertz CT molecular complexity index is 1050. The van der Waals surface area contributed by atoms with E-state index in [0.29, 0.717) is 23.3 Å². The summed E-state index contributed by atoms with van der Waals surface area (Å²) >= 11 is 0. The summed E-state index contributed by atoms with van der Waals surface area (Å²) in [5.74, 6) is 1.12. The smallest absolute Gasteiger partial charge is 0.272 e. The summed E-state index contributed by atoms with van der Waals surface area (Å²) in [6, 6.07) is 8.83. The van der Waals surface area contributed by atoms with Crippen molar-refractivity contribution in [1.82, 2.24) is 10.4 Å². The molecule has 2 amide bonds. The highest BCUT2D eigenvalue weighted by atomic mass is 16.5. The summed E-state index contributed by atoms with van der Waals surface area (Å²) in [6.07, 6.45) is 7.95. The molecule has 1 aliphatic rings. The van der Waals surface area contributed by atoms with Crippen LogP contribution in [0.2, 0.25) is 0 Å². The number of hydrogen-bond acceptors (Lipinski definition) is 4. The van der Waals surface area contributed by atoms with E-state index in [0.717, 1.165) is 48.1 Å². The average molecular weight is 479 g/mol. The third kappa shape index (κ3) is 5.87. The number of hydrazine groups is 1. The van der Waals surface area contributed by atoms with Gasteiger partial charge in [0.2, 0.25) is 0 Å². The lowest BCUT2D eigenvalue weighted by Crippen LogP contribution is -2.54. The Balaban J connectivity index is 2.03. The minimum Gasteiger partial charge on any atom is -0.496 e. The zero-order valence-electron chi connectivity index (χ0n) is 21.6. The standard InChI is InChI=1S/C29H38N2O4/c1-7-12-25(22-13-9-8-10-14-22)31(29(33)23-17-19(2)27(35-6)20(3)18-23)30-28(32)24-15-11-16-26(34-5)21(24)4/h7,11,15-18,22,25H,1,8-10,12-14H2,2-6H3,(H,30,32)/t25-/m1/s1. The van der Waals surface area contributed by atoms with Crippen LogP contribution in [0.1, 0.15) is 75.9 Å². The Morgan fingerprint density at radius 1 is 1.09 bits per heavy atom. The third-order valence-electron chi connectivity index (χ3n) is 7.03. The fourth-order valence-electron chi connectivity index (χ4n) is 5.27. The van der Waals surface area contributed by atoms with Gasteiger partial charge in [-0.3, -0.25) is 15.0 Å². The van der Waals surface area contributed by atoms with Gasteiger partial charge in [-0.25, -0.2) is 5.01 Å². The quantitative estimate of drug-likeness (QED) is 0.377. The second kappa shape index (κ2) is 11.9.